The van der Waals surface area contributed by atoms with Crippen molar-refractivity contribution in [1.29, 1.82) is 0 Å². The molecule has 2 aliphatic rings. The Kier molecular flexibility index (Phi) is 4.37. The summed E-state index contributed by atoms with van der Waals surface area (Å²) in [5.41, 5.74) is 0. The average Bonchev–Trinajstić information content (AvgIpc) is 3.30. The topological polar surface area (TPSA) is 66.5 Å². The van der Waals surface area contributed by atoms with Crippen molar-refractivity contribution < 1.29 is 22.0 Å². The van der Waals surface area contributed by atoms with Gasteiger partial charge in [-0.1, -0.05) is 0 Å². The van der Waals surface area contributed by atoms with E-state index in [1.54, 1.807) is 4.90 Å². The average molecular weight is 344 g/mol. The van der Waals surface area contributed by atoms with Gasteiger partial charge in [0.1, 0.15) is 11.6 Å². The molecule has 1 saturated carbocycles. The molecule has 0 radical (unpaired) electrons. The molecule has 1 aromatic carbocycles. The second-order valence-electron chi connectivity index (χ2n) is 6.10. The number of rotatable bonds is 4. The molecule has 0 spiro atoms. The van der Waals surface area contributed by atoms with Crippen LogP contribution in [0.5, 0.6) is 0 Å². The summed E-state index contributed by atoms with van der Waals surface area (Å²) < 4.78 is 53.3. The zero-order chi connectivity index (χ0) is 16.6. The number of carbonyl (C=O) groups is 1. The lowest BCUT2D eigenvalue weighted by atomic mass is 10.1. The lowest BCUT2D eigenvalue weighted by Crippen LogP contribution is -2.46. The number of hydrogen-bond donors (Lipinski definition) is 1. The van der Waals surface area contributed by atoms with Gasteiger partial charge in [0.05, 0.1) is 4.90 Å². The van der Waals surface area contributed by atoms with Gasteiger partial charge < -0.3 is 4.90 Å². The second-order valence-corrected chi connectivity index (χ2v) is 7.81. The van der Waals surface area contributed by atoms with Gasteiger partial charge in [0.2, 0.25) is 15.9 Å². The van der Waals surface area contributed by atoms with Gasteiger partial charge >= 0.3 is 0 Å². The van der Waals surface area contributed by atoms with E-state index in [4.69, 9.17) is 0 Å². The molecule has 1 aliphatic heterocycles. The normalized spacial score (nSPS) is 19.8. The van der Waals surface area contributed by atoms with Gasteiger partial charge in [0.25, 0.3) is 0 Å². The van der Waals surface area contributed by atoms with Gasteiger partial charge in [-0.05, 0) is 37.8 Å². The van der Waals surface area contributed by atoms with Crippen molar-refractivity contribution in [3.63, 3.8) is 0 Å². The highest BCUT2D eigenvalue weighted by Crippen LogP contribution is 2.32. The smallest absolute Gasteiger partial charge is 0.241 e. The molecule has 0 aromatic heterocycles. The number of carbonyl (C=O) groups excluding carboxylic acids is 1. The fourth-order valence-electron chi connectivity index (χ4n) is 2.78. The molecule has 1 heterocycles. The second kappa shape index (κ2) is 6.16. The summed E-state index contributed by atoms with van der Waals surface area (Å²) >= 11 is 0. The first-order valence-corrected chi connectivity index (χ1v) is 9.11. The van der Waals surface area contributed by atoms with E-state index in [2.05, 4.69) is 4.72 Å². The van der Waals surface area contributed by atoms with Gasteiger partial charge in [0.15, 0.2) is 0 Å². The number of piperidine rings is 1. The van der Waals surface area contributed by atoms with Crippen LogP contribution in [-0.2, 0) is 14.8 Å². The first kappa shape index (κ1) is 16.3. The van der Waals surface area contributed by atoms with Crippen LogP contribution in [-0.4, -0.2) is 38.4 Å². The first-order chi connectivity index (χ1) is 10.8. The predicted molar refractivity (Wildman–Crippen MR) is 79.0 cm³/mol. The molecule has 0 bridgehead atoms. The van der Waals surface area contributed by atoms with E-state index in [1.807, 2.05) is 0 Å². The van der Waals surface area contributed by atoms with Crippen molar-refractivity contribution in [2.45, 2.75) is 36.6 Å². The summed E-state index contributed by atoms with van der Waals surface area (Å²) in [5.74, 6) is -1.57. The summed E-state index contributed by atoms with van der Waals surface area (Å²) in [6.45, 7) is 1.00. The Bertz CT molecular complexity index is 691. The van der Waals surface area contributed by atoms with Gasteiger partial charge in [-0.2, -0.15) is 0 Å². The number of sulfonamides is 1. The molecule has 1 aliphatic carbocycles. The van der Waals surface area contributed by atoms with E-state index in [9.17, 15) is 22.0 Å². The highest BCUT2D eigenvalue weighted by molar-refractivity contribution is 7.89. The highest BCUT2D eigenvalue weighted by atomic mass is 32.2. The number of likely N-dealkylation sites (tertiary alicyclic amines) is 1. The van der Waals surface area contributed by atoms with Crippen LogP contribution in [0.25, 0.3) is 0 Å². The fourth-order valence-corrected chi connectivity index (χ4v) is 4.12. The maximum atomic E-state index is 13.2. The molecule has 0 unspecified atom stereocenters. The van der Waals surface area contributed by atoms with E-state index < -0.39 is 26.6 Å². The number of halogens is 2. The number of nitrogens with one attached hydrogen (secondary N) is 1. The summed E-state index contributed by atoms with van der Waals surface area (Å²) in [7, 11) is -3.98. The van der Waals surface area contributed by atoms with Crippen LogP contribution in [0.15, 0.2) is 23.1 Å². The molecule has 2 fully saturated rings. The predicted octanol–water partition coefficient (Wildman–Crippen LogP) is 1.64. The van der Waals surface area contributed by atoms with Crippen molar-refractivity contribution in [2.24, 2.45) is 5.92 Å². The van der Waals surface area contributed by atoms with Gasteiger partial charge in [0, 0.05) is 31.1 Å². The molecule has 8 heteroatoms. The molecule has 3 rings (SSSR count). The molecule has 1 amide bonds. The van der Waals surface area contributed by atoms with Crippen LogP contribution in [0.3, 0.4) is 0 Å². The Hall–Kier alpha value is -1.54. The highest BCUT2D eigenvalue weighted by Gasteiger charge is 2.35. The Labute approximate surface area is 133 Å². The molecule has 1 N–H and O–H groups in total. The van der Waals surface area contributed by atoms with Crippen LogP contribution in [0, 0.1) is 17.6 Å². The minimum absolute atomic E-state index is 0.151. The zero-order valence-electron chi connectivity index (χ0n) is 12.5. The minimum atomic E-state index is -3.98. The van der Waals surface area contributed by atoms with E-state index in [-0.39, 0.29) is 17.9 Å². The monoisotopic (exact) mass is 344 g/mol. The maximum Gasteiger partial charge on any atom is 0.241 e. The molecule has 126 valence electrons. The summed E-state index contributed by atoms with van der Waals surface area (Å²) in [4.78, 5) is 13.3. The van der Waals surface area contributed by atoms with Gasteiger partial charge in [-0.3, -0.25) is 4.79 Å². The van der Waals surface area contributed by atoms with Crippen molar-refractivity contribution in [3.05, 3.63) is 29.8 Å². The van der Waals surface area contributed by atoms with E-state index in [1.165, 1.54) is 0 Å². The molecular formula is C15H18F2N2O3S. The van der Waals surface area contributed by atoms with E-state index in [0.717, 1.165) is 25.0 Å². The van der Waals surface area contributed by atoms with Crippen LogP contribution >= 0.6 is 0 Å². The number of hydrogen-bond acceptors (Lipinski definition) is 3. The Morgan fingerprint density at radius 1 is 1.04 bits per heavy atom. The first-order valence-electron chi connectivity index (χ1n) is 7.62. The Morgan fingerprint density at radius 2 is 1.61 bits per heavy atom. The molecule has 5 nitrogen and oxygen atoms in total. The largest absolute Gasteiger partial charge is 0.342 e. The summed E-state index contributed by atoms with van der Waals surface area (Å²) in [6, 6.07) is 1.87. The van der Waals surface area contributed by atoms with Gasteiger partial charge in [-0.15, -0.1) is 0 Å². The SMILES string of the molecule is O=C(C1CC1)N1CCC(NS(=O)(=O)c2cc(F)cc(F)c2)CC1. The van der Waals surface area contributed by atoms with Gasteiger partial charge in [-0.25, -0.2) is 21.9 Å². The van der Waals surface area contributed by atoms with Crippen molar-refractivity contribution in [3.8, 4) is 0 Å². The minimum Gasteiger partial charge on any atom is -0.342 e. The van der Waals surface area contributed by atoms with Crippen LogP contribution in [0.2, 0.25) is 0 Å². The summed E-state index contributed by atoms with van der Waals surface area (Å²) in [6.07, 6.45) is 2.87. The zero-order valence-corrected chi connectivity index (χ0v) is 13.3. The van der Waals surface area contributed by atoms with Crippen molar-refractivity contribution in [2.75, 3.05) is 13.1 Å². The van der Waals surface area contributed by atoms with Crippen LogP contribution < -0.4 is 4.72 Å². The van der Waals surface area contributed by atoms with Crippen LogP contribution in [0.1, 0.15) is 25.7 Å². The van der Waals surface area contributed by atoms with E-state index >= 15 is 0 Å². The van der Waals surface area contributed by atoms with Crippen molar-refractivity contribution in [1.82, 2.24) is 9.62 Å². The standard InChI is InChI=1S/C15H18F2N2O3S/c16-11-7-12(17)9-14(8-11)23(21,22)18-13-3-5-19(6-4-13)15(20)10-1-2-10/h7-10,13,18H,1-6H2. The number of benzene rings is 1. The quantitative estimate of drug-likeness (QED) is 0.903. The molecular weight excluding hydrogens is 326 g/mol. The fraction of sp³-hybridized carbons (Fsp3) is 0.533. The molecule has 1 saturated heterocycles. The lowest BCUT2D eigenvalue weighted by molar-refractivity contribution is -0.133. The number of nitrogens with zero attached hydrogens (tertiary/aromatic N) is 1. The summed E-state index contributed by atoms with van der Waals surface area (Å²) in [5, 5.41) is 0. The molecule has 1 aromatic rings. The Morgan fingerprint density at radius 3 is 2.13 bits per heavy atom. The molecule has 23 heavy (non-hydrogen) atoms. The third-order valence-corrected chi connectivity index (χ3v) is 5.70. The lowest BCUT2D eigenvalue weighted by Gasteiger charge is -2.32. The Balaban J connectivity index is 1.62. The number of amides is 1. The van der Waals surface area contributed by atoms with E-state index in [0.29, 0.717) is 32.0 Å². The third kappa shape index (κ3) is 3.87. The van der Waals surface area contributed by atoms with Crippen LogP contribution in [0.4, 0.5) is 8.78 Å². The maximum absolute atomic E-state index is 13.2. The third-order valence-electron chi connectivity index (χ3n) is 4.20. The van der Waals surface area contributed by atoms with Crippen molar-refractivity contribution >= 4 is 15.9 Å². The molecule has 0 atom stereocenters.